The molecule has 0 bridgehead atoms. The number of methoxy groups -OCH3 is 1. The highest BCUT2D eigenvalue weighted by atomic mass is 35.5. The van der Waals surface area contributed by atoms with E-state index in [9.17, 15) is 4.79 Å². The van der Waals surface area contributed by atoms with Crippen LogP contribution in [0.3, 0.4) is 0 Å². The molecule has 0 aliphatic carbocycles. The molecular weight excluding hydrogens is 366 g/mol. The van der Waals surface area contributed by atoms with Crippen molar-refractivity contribution in [1.29, 1.82) is 0 Å². The van der Waals surface area contributed by atoms with E-state index in [4.69, 9.17) is 20.9 Å². The van der Waals surface area contributed by atoms with Crippen molar-refractivity contribution < 1.29 is 14.1 Å². The third-order valence-electron chi connectivity index (χ3n) is 4.05. The van der Waals surface area contributed by atoms with E-state index in [1.54, 1.807) is 55.8 Å². The highest BCUT2D eigenvalue weighted by Crippen LogP contribution is 2.30. The van der Waals surface area contributed by atoms with Crippen LogP contribution >= 0.6 is 11.6 Å². The zero-order valence-corrected chi connectivity index (χ0v) is 15.0. The first kappa shape index (κ1) is 17.1. The minimum atomic E-state index is -0.387. The van der Waals surface area contributed by atoms with Gasteiger partial charge in [0.1, 0.15) is 11.3 Å². The maximum Gasteiger partial charge on any atom is 0.277 e. The lowest BCUT2D eigenvalue weighted by Gasteiger charge is -2.10. The summed E-state index contributed by atoms with van der Waals surface area (Å²) in [5.41, 5.74) is 2.18. The Hall–Kier alpha value is -3.38. The number of nitrogens with zero attached hydrogens (tertiary/aromatic N) is 2. The standard InChI is InChI=1S/C20H14ClN3O3/c1-26-17-8-7-15(14-6-3-9-22-19(14)17)23-20(25)16-11-18(27-24-16)12-4-2-5-13(21)10-12/h2-11H,1H3,(H,23,25). The normalized spacial score (nSPS) is 10.7. The van der Waals surface area contributed by atoms with Crippen LogP contribution in [0.2, 0.25) is 5.02 Å². The first-order valence-electron chi connectivity index (χ1n) is 8.11. The van der Waals surface area contributed by atoms with Crippen molar-refractivity contribution in [1.82, 2.24) is 10.1 Å². The number of hydrogen-bond acceptors (Lipinski definition) is 5. The SMILES string of the molecule is COc1ccc(NC(=O)c2cc(-c3cccc(Cl)c3)on2)c2cccnc12. The first-order valence-corrected chi connectivity index (χ1v) is 8.49. The van der Waals surface area contributed by atoms with Gasteiger partial charge in [-0.3, -0.25) is 9.78 Å². The van der Waals surface area contributed by atoms with Gasteiger partial charge >= 0.3 is 0 Å². The number of ether oxygens (including phenoxy) is 1. The van der Waals surface area contributed by atoms with Crippen LogP contribution in [0.4, 0.5) is 5.69 Å². The predicted octanol–water partition coefficient (Wildman–Crippen LogP) is 4.80. The van der Waals surface area contributed by atoms with Crippen LogP contribution in [0.25, 0.3) is 22.2 Å². The van der Waals surface area contributed by atoms with Gasteiger partial charge in [-0.1, -0.05) is 28.9 Å². The largest absolute Gasteiger partial charge is 0.494 e. The fraction of sp³-hybridized carbons (Fsp3) is 0.0500. The van der Waals surface area contributed by atoms with Gasteiger partial charge in [-0.05, 0) is 36.4 Å². The number of rotatable bonds is 4. The molecule has 0 saturated carbocycles. The second kappa shape index (κ2) is 7.09. The average molecular weight is 380 g/mol. The summed E-state index contributed by atoms with van der Waals surface area (Å²) in [6, 6.07) is 15.9. The van der Waals surface area contributed by atoms with E-state index in [-0.39, 0.29) is 11.6 Å². The fourth-order valence-electron chi connectivity index (χ4n) is 2.77. The number of carbonyl (C=O) groups is 1. The van der Waals surface area contributed by atoms with Gasteiger partial charge in [-0.25, -0.2) is 0 Å². The van der Waals surface area contributed by atoms with Crippen molar-refractivity contribution in [2.24, 2.45) is 0 Å². The Kier molecular flexibility index (Phi) is 4.48. The van der Waals surface area contributed by atoms with Crippen LogP contribution in [0.5, 0.6) is 5.75 Å². The van der Waals surface area contributed by atoms with Crippen LogP contribution in [0, 0.1) is 0 Å². The minimum absolute atomic E-state index is 0.165. The highest BCUT2D eigenvalue weighted by molar-refractivity contribution is 6.30. The number of aromatic nitrogens is 2. The lowest BCUT2D eigenvalue weighted by atomic mass is 10.1. The number of hydrogen-bond donors (Lipinski definition) is 1. The first-order chi connectivity index (χ1) is 13.2. The van der Waals surface area contributed by atoms with Crippen molar-refractivity contribution in [3.8, 4) is 17.1 Å². The van der Waals surface area contributed by atoms with Gasteiger partial charge in [-0.2, -0.15) is 0 Å². The van der Waals surface area contributed by atoms with E-state index >= 15 is 0 Å². The second-order valence-corrected chi connectivity index (χ2v) is 6.19. The van der Waals surface area contributed by atoms with Gasteiger partial charge in [0, 0.05) is 28.2 Å². The van der Waals surface area contributed by atoms with E-state index in [0.717, 1.165) is 10.9 Å². The Morgan fingerprint density at radius 3 is 2.85 bits per heavy atom. The summed E-state index contributed by atoms with van der Waals surface area (Å²) in [6.45, 7) is 0. The van der Waals surface area contributed by atoms with Crippen LogP contribution in [-0.4, -0.2) is 23.2 Å². The molecule has 27 heavy (non-hydrogen) atoms. The van der Waals surface area contributed by atoms with Crippen molar-refractivity contribution in [2.45, 2.75) is 0 Å². The lowest BCUT2D eigenvalue weighted by molar-refractivity contribution is 0.101. The molecule has 0 unspecified atom stereocenters. The van der Waals surface area contributed by atoms with Crippen LogP contribution in [0.1, 0.15) is 10.5 Å². The molecule has 2 aromatic carbocycles. The summed E-state index contributed by atoms with van der Waals surface area (Å²) in [7, 11) is 1.58. The third-order valence-corrected chi connectivity index (χ3v) is 4.29. The average Bonchev–Trinajstić information content (AvgIpc) is 3.19. The van der Waals surface area contributed by atoms with Crippen LogP contribution in [-0.2, 0) is 0 Å². The molecule has 0 spiro atoms. The number of pyridine rings is 1. The number of benzene rings is 2. The molecule has 2 aromatic heterocycles. The maximum atomic E-state index is 12.6. The summed E-state index contributed by atoms with van der Waals surface area (Å²) >= 11 is 5.99. The molecule has 0 aliphatic heterocycles. The van der Waals surface area contributed by atoms with Crippen molar-refractivity contribution in [2.75, 3.05) is 12.4 Å². The molecule has 6 nitrogen and oxygen atoms in total. The summed E-state index contributed by atoms with van der Waals surface area (Å²) in [4.78, 5) is 16.9. The van der Waals surface area contributed by atoms with E-state index in [2.05, 4.69) is 15.5 Å². The van der Waals surface area contributed by atoms with Gasteiger partial charge in [0.2, 0.25) is 0 Å². The van der Waals surface area contributed by atoms with E-state index in [1.165, 1.54) is 0 Å². The molecular formula is C20H14ClN3O3. The molecule has 0 aliphatic rings. The fourth-order valence-corrected chi connectivity index (χ4v) is 2.96. The van der Waals surface area contributed by atoms with Gasteiger partial charge in [0.25, 0.3) is 5.91 Å². The Morgan fingerprint density at radius 2 is 2.04 bits per heavy atom. The van der Waals surface area contributed by atoms with Gasteiger partial charge in [0.05, 0.1) is 12.8 Å². The summed E-state index contributed by atoms with van der Waals surface area (Å²) in [5, 5.41) is 8.05. The van der Waals surface area contributed by atoms with E-state index < -0.39 is 0 Å². The number of fused-ring (bicyclic) bond motifs is 1. The lowest BCUT2D eigenvalue weighted by Crippen LogP contribution is -2.12. The number of carbonyl (C=O) groups excluding carboxylic acids is 1. The number of anilines is 1. The van der Waals surface area contributed by atoms with Crippen molar-refractivity contribution >= 4 is 34.1 Å². The Bertz CT molecular complexity index is 1140. The Morgan fingerprint density at radius 1 is 1.15 bits per heavy atom. The molecule has 0 atom stereocenters. The zero-order valence-electron chi connectivity index (χ0n) is 14.3. The summed E-state index contributed by atoms with van der Waals surface area (Å²) < 4.78 is 10.6. The van der Waals surface area contributed by atoms with Gasteiger partial charge < -0.3 is 14.6 Å². The van der Waals surface area contributed by atoms with Crippen molar-refractivity contribution in [3.05, 3.63) is 71.5 Å². The van der Waals surface area contributed by atoms with Crippen molar-refractivity contribution in [3.63, 3.8) is 0 Å². The molecule has 7 heteroatoms. The molecule has 4 rings (SSSR count). The Balaban J connectivity index is 1.63. The molecule has 0 fully saturated rings. The quantitative estimate of drug-likeness (QED) is 0.551. The molecule has 0 saturated heterocycles. The van der Waals surface area contributed by atoms with Crippen LogP contribution < -0.4 is 10.1 Å². The highest BCUT2D eigenvalue weighted by Gasteiger charge is 2.16. The molecule has 134 valence electrons. The smallest absolute Gasteiger partial charge is 0.277 e. The maximum absolute atomic E-state index is 12.6. The van der Waals surface area contributed by atoms with E-state index in [1.807, 2.05) is 12.1 Å². The second-order valence-electron chi connectivity index (χ2n) is 5.76. The number of nitrogens with one attached hydrogen (secondary N) is 1. The number of halogens is 1. The predicted molar refractivity (Wildman–Crippen MR) is 103 cm³/mol. The molecule has 0 radical (unpaired) electrons. The molecule has 1 N–H and O–H groups in total. The third kappa shape index (κ3) is 3.35. The minimum Gasteiger partial charge on any atom is -0.494 e. The van der Waals surface area contributed by atoms with Crippen LogP contribution in [0.15, 0.2) is 65.3 Å². The summed E-state index contributed by atoms with van der Waals surface area (Å²) in [6.07, 6.45) is 1.67. The molecule has 2 heterocycles. The van der Waals surface area contributed by atoms with E-state index in [0.29, 0.717) is 27.7 Å². The zero-order chi connectivity index (χ0) is 18.8. The van der Waals surface area contributed by atoms with Gasteiger partial charge in [-0.15, -0.1) is 0 Å². The number of amides is 1. The Labute approximate surface area is 159 Å². The monoisotopic (exact) mass is 379 g/mol. The summed E-state index contributed by atoms with van der Waals surface area (Å²) in [5.74, 6) is 0.708. The molecule has 1 amide bonds. The molecule has 4 aromatic rings. The van der Waals surface area contributed by atoms with Gasteiger partial charge in [0.15, 0.2) is 11.5 Å². The topological polar surface area (TPSA) is 77.2 Å².